The molecule has 0 fully saturated rings. The lowest BCUT2D eigenvalue weighted by molar-refractivity contribution is -0.116. The number of benzene rings is 2. The summed E-state index contributed by atoms with van der Waals surface area (Å²) in [7, 11) is 0. The number of nitrogens with two attached hydrogens (primary N) is 1. The van der Waals surface area contributed by atoms with E-state index in [0.717, 1.165) is 24.2 Å². The summed E-state index contributed by atoms with van der Waals surface area (Å²) >= 11 is 5.30. The van der Waals surface area contributed by atoms with Crippen molar-refractivity contribution in [2.24, 2.45) is 5.73 Å². The maximum Gasteiger partial charge on any atom is 0.238 e. The minimum Gasteiger partial charge on any atom is -0.485 e. The molecule has 33 heavy (non-hydrogen) atoms. The second-order valence-corrected chi connectivity index (χ2v) is 8.18. The van der Waals surface area contributed by atoms with Gasteiger partial charge in [-0.3, -0.25) is 9.59 Å². The first kappa shape index (κ1) is 22.8. The van der Waals surface area contributed by atoms with Crippen LogP contribution in [0, 0.1) is 0 Å². The van der Waals surface area contributed by atoms with Crippen molar-refractivity contribution in [2.45, 2.75) is 37.8 Å². The van der Waals surface area contributed by atoms with Crippen molar-refractivity contribution in [2.75, 3.05) is 5.32 Å². The molecule has 2 atom stereocenters. The summed E-state index contributed by atoms with van der Waals surface area (Å²) in [6, 6.07) is 18.5. The van der Waals surface area contributed by atoms with Gasteiger partial charge in [0.2, 0.25) is 17.0 Å². The lowest BCUT2D eigenvalue weighted by atomic mass is 9.97. The van der Waals surface area contributed by atoms with Gasteiger partial charge in [0, 0.05) is 12.5 Å². The number of anilines is 1. The Hall–Kier alpha value is -3.42. The van der Waals surface area contributed by atoms with Gasteiger partial charge in [0.1, 0.15) is 17.6 Å². The van der Waals surface area contributed by atoms with Crippen LogP contribution in [0.2, 0.25) is 0 Å². The highest BCUT2D eigenvalue weighted by Gasteiger charge is 2.21. The van der Waals surface area contributed by atoms with Crippen LogP contribution >= 0.6 is 11.6 Å². The van der Waals surface area contributed by atoms with Crippen LogP contribution in [0.5, 0.6) is 17.4 Å². The van der Waals surface area contributed by atoms with Gasteiger partial charge in [-0.15, -0.1) is 0 Å². The number of carbonyl (C=O) groups is 2. The molecule has 7 nitrogen and oxygen atoms in total. The SMILES string of the molecule is N[C@@H](CCC(=O)Nc1ccc(Oc2ccc3c(c2)CC[C@@H](c2ccccc2)O3)nc1)C(=O)Cl. The minimum atomic E-state index is -0.849. The van der Waals surface area contributed by atoms with Gasteiger partial charge >= 0.3 is 0 Å². The zero-order valence-electron chi connectivity index (χ0n) is 17.9. The van der Waals surface area contributed by atoms with Gasteiger partial charge in [-0.1, -0.05) is 30.3 Å². The van der Waals surface area contributed by atoms with Crippen LogP contribution in [0.15, 0.2) is 66.9 Å². The van der Waals surface area contributed by atoms with E-state index in [0.29, 0.717) is 17.3 Å². The Morgan fingerprint density at radius 3 is 2.73 bits per heavy atom. The van der Waals surface area contributed by atoms with Gasteiger partial charge in [-0.05, 0) is 66.3 Å². The maximum atomic E-state index is 12.0. The van der Waals surface area contributed by atoms with Crippen molar-refractivity contribution >= 4 is 28.4 Å². The number of hydrogen-bond donors (Lipinski definition) is 2. The van der Waals surface area contributed by atoms with Crippen LogP contribution in [0.25, 0.3) is 0 Å². The quantitative estimate of drug-likeness (QED) is 0.465. The summed E-state index contributed by atoms with van der Waals surface area (Å²) in [5.74, 6) is 1.66. The van der Waals surface area contributed by atoms with E-state index in [2.05, 4.69) is 22.4 Å². The molecule has 0 saturated heterocycles. The summed E-state index contributed by atoms with van der Waals surface area (Å²) in [5, 5.41) is 2.05. The van der Waals surface area contributed by atoms with E-state index in [1.165, 1.54) is 11.8 Å². The van der Waals surface area contributed by atoms with Crippen molar-refractivity contribution in [1.29, 1.82) is 0 Å². The number of nitrogens with zero attached hydrogens (tertiary/aromatic N) is 1. The Kier molecular flexibility index (Phi) is 7.22. The zero-order valence-corrected chi connectivity index (χ0v) is 18.6. The first-order chi connectivity index (χ1) is 16.0. The zero-order chi connectivity index (χ0) is 23.2. The van der Waals surface area contributed by atoms with Crippen molar-refractivity contribution in [1.82, 2.24) is 4.98 Å². The highest BCUT2D eigenvalue weighted by Crippen LogP contribution is 2.37. The molecule has 0 aliphatic carbocycles. The number of carbonyl (C=O) groups excluding carboxylic acids is 2. The topological polar surface area (TPSA) is 104 Å². The molecule has 3 N–H and O–H groups in total. The first-order valence-electron chi connectivity index (χ1n) is 10.7. The Morgan fingerprint density at radius 2 is 2.00 bits per heavy atom. The standard InChI is InChI=1S/C25H24ClN3O4/c26-25(31)20(27)9-12-23(30)29-18-7-13-24(28-15-18)32-19-8-11-22-17(14-19)6-10-21(33-22)16-4-2-1-3-5-16/h1-5,7-8,11,13-15,20-21H,6,9-10,12,27H2,(H,29,30)/t20-,21-/m0/s1. The van der Waals surface area contributed by atoms with E-state index in [1.807, 2.05) is 36.4 Å². The molecule has 8 heteroatoms. The molecule has 0 bridgehead atoms. The van der Waals surface area contributed by atoms with Crippen LogP contribution in [-0.4, -0.2) is 22.2 Å². The second-order valence-electron chi connectivity index (χ2n) is 7.81. The van der Waals surface area contributed by atoms with Gasteiger partial charge in [-0.25, -0.2) is 4.98 Å². The van der Waals surface area contributed by atoms with Crippen LogP contribution < -0.4 is 20.5 Å². The number of ether oxygens (including phenoxy) is 2. The third kappa shape index (κ3) is 6.09. The summed E-state index contributed by atoms with van der Waals surface area (Å²) in [5.41, 5.74) is 8.32. The van der Waals surface area contributed by atoms with E-state index in [9.17, 15) is 9.59 Å². The molecule has 1 aliphatic heterocycles. The fourth-order valence-electron chi connectivity index (χ4n) is 3.59. The first-order valence-corrected chi connectivity index (χ1v) is 11.1. The molecule has 1 aliphatic rings. The van der Waals surface area contributed by atoms with E-state index >= 15 is 0 Å². The lowest BCUT2D eigenvalue weighted by Crippen LogP contribution is -2.28. The number of rotatable bonds is 8. The Balaban J connectivity index is 1.32. The number of amides is 1. The fourth-order valence-corrected chi connectivity index (χ4v) is 3.70. The molecule has 170 valence electrons. The Labute approximate surface area is 196 Å². The normalized spacial score (nSPS) is 15.6. The van der Waals surface area contributed by atoms with Crippen molar-refractivity contribution in [3.63, 3.8) is 0 Å². The third-order valence-corrected chi connectivity index (χ3v) is 5.65. The number of fused-ring (bicyclic) bond motifs is 1. The Morgan fingerprint density at radius 1 is 1.18 bits per heavy atom. The number of halogens is 1. The van der Waals surface area contributed by atoms with Gasteiger partial charge in [0.25, 0.3) is 0 Å². The predicted octanol–water partition coefficient (Wildman–Crippen LogP) is 4.75. The molecule has 1 aromatic heterocycles. The molecule has 4 rings (SSSR count). The lowest BCUT2D eigenvalue weighted by Gasteiger charge is -2.26. The maximum absolute atomic E-state index is 12.0. The number of hydrogen-bond acceptors (Lipinski definition) is 6. The molecular formula is C25H24ClN3O4. The van der Waals surface area contributed by atoms with E-state index in [4.69, 9.17) is 26.8 Å². The molecule has 2 aromatic carbocycles. The summed E-state index contributed by atoms with van der Waals surface area (Å²) in [6.45, 7) is 0. The van der Waals surface area contributed by atoms with Gasteiger partial charge in [0.15, 0.2) is 0 Å². The molecule has 3 aromatic rings. The van der Waals surface area contributed by atoms with E-state index in [1.54, 1.807) is 12.1 Å². The van der Waals surface area contributed by atoms with Crippen molar-refractivity contribution < 1.29 is 19.1 Å². The molecule has 1 amide bonds. The van der Waals surface area contributed by atoms with Gasteiger partial charge in [0.05, 0.1) is 17.9 Å². The number of aromatic nitrogens is 1. The summed E-state index contributed by atoms with van der Waals surface area (Å²) in [4.78, 5) is 27.2. The smallest absolute Gasteiger partial charge is 0.238 e. The Bertz CT molecular complexity index is 1120. The average molecular weight is 466 g/mol. The molecule has 0 radical (unpaired) electrons. The van der Waals surface area contributed by atoms with E-state index in [-0.39, 0.29) is 24.9 Å². The minimum absolute atomic E-state index is 0.0565. The number of pyridine rings is 1. The van der Waals surface area contributed by atoms with Crippen LogP contribution in [0.1, 0.15) is 36.5 Å². The number of aryl methyl sites for hydroxylation is 1. The molecule has 0 saturated carbocycles. The molecule has 0 unspecified atom stereocenters. The second kappa shape index (κ2) is 10.5. The van der Waals surface area contributed by atoms with Gasteiger partial charge < -0.3 is 20.5 Å². The van der Waals surface area contributed by atoms with Crippen LogP contribution in [0.4, 0.5) is 5.69 Å². The molecule has 2 heterocycles. The van der Waals surface area contributed by atoms with Crippen LogP contribution in [0.3, 0.4) is 0 Å². The fraction of sp³-hybridized carbons (Fsp3) is 0.240. The largest absolute Gasteiger partial charge is 0.485 e. The van der Waals surface area contributed by atoms with Crippen molar-refractivity contribution in [3.8, 4) is 17.4 Å². The predicted molar refractivity (Wildman–Crippen MR) is 126 cm³/mol. The summed E-state index contributed by atoms with van der Waals surface area (Å²) in [6.07, 6.45) is 3.62. The van der Waals surface area contributed by atoms with Crippen molar-refractivity contribution in [3.05, 3.63) is 78.0 Å². The third-order valence-electron chi connectivity index (χ3n) is 5.36. The summed E-state index contributed by atoms with van der Waals surface area (Å²) < 4.78 is 12.1. The van der Waals surface area contributed by atoms with E-state index < -0.39 is 11.3 Å². The van der Waals surface area contributed by atoms with Crippen LogP contribution in [-0.2, 0) is 16.0 Å². The molecular weight excluding hydrogens is 442 g/mol. The highest BCUT2D eigenvalue weighted by atomic mass is 35.5. The highest BCUT2D eigenvalue weighted by molar-refractivity contribution is 6.64. The monoisotopic (exact) mass is 465 g/mol. The number of nitrogens with one attached hydrogen (secondary N) is 1. The van der Waals surface area contributed by atoms with Gasteiger partial charge in [-0.2, -0.15) is 0 Å². The molecule has 0 spiro atoms. The average Bonchev–Trinajstić information content (AvgIpc) is 2.84.